The Kier molecular flexibility index (Phi) is 11.3. The Hall–Kier alpha value is -3.12. The molecule has 0 unspecified atom stereocenters. The first-order valence-corrected chi connectivity index (χ1v) is 16.4. The lowest BCUT2D eigenvalue weighted by Crippen LogP contribution is -2.40. The summed E-state index contributed by atoms with van der Waals surface area (Å²) in [5.74, 6) is 0.631. The fourth-order valence-electron chi connectivity index (χ4n) is 5.02. The van der Waals surface area contributed by atoms with Gasteiger partial charge >= 0.3 is 12.2 Å². The molecule has 3 N–H and O–H groups in total. The van der Waals surface area contributed by atoms with E-state index in [0.717, 1.165) is 37.0 Å². The third-order valence-corrected chi connectivity index (χ3v) is 8.49. The van der Waals surface area contributed by atoms with Gasteiger partial charge in [-0.3, -0.25) is 4.99 Å². The summed E-state index contributed by atoms with van der Waals surface area (Å²) in [6.45, 7) is 14.7. The lowest BCUT2D eigenvalue weighted by molar-refractivity contribution is 0.0520. The maximum absolute atomic E-state index is 13.6. The van der Waals surface area contributed by atoms with Gasteiger partial charge in [0.05, 0.1) is 17.5 Å². The molecule has 11 nitrogen and oxygen atoms in total. The van der Waals surface area contributed by atoms with Crippen LogP contribution in [0.1, 0.15) is 93.1 Å². The summed E-state index contributed by atoms with van der Waals surface area (Å²) in [6, 6.07) is 5.07. The first kappa shape index (κ1) is 34.4. The van der Waals surface area contributed by atoms with E-state index in [9.17, 15) is 18.0 Å². The highest BCUT2D eigenvalue weighted by atomic mass is 32.2. The van der Waals surface area contributed by atoms with Crippen LogP contribution >= 0.6 is 0 Å². The molecule has 12 heteroatoms. The minimum Gasteiger partial charge on any atom is -0.492 e. The van der Waals surface area contributed by atoms with Crippen LogP contribution in [0.25, 0.3) is 5.57 Å². The highest BCUT2D eigenvalue weighted by Gasteiger charge is 2.31. The number of allylic oxidation sites excluding steroid dienone is 1. The number of benzene rings is 1. The largest absolute Gasteiger partial charge is 0.492 e. The molecular weight excluding hydrogens is 572 g/mol. The maximum Gasteiger partial charge on any atom is 0.407 e. The third-order valence-electron chi connectivity index (χ3n) is 6.69. The predicted molar refractivity (Wildman–Crippen MR) is 167 cm³/mol. The lowest BCUT2D eigenvalue weighted by Gasteiger charge is -2.29. The third kappa shape index (κ3) is 11.1. The van der Waals surface area contributed by atoms with Crippen molar-refractivity contribution in [3.05, 3.63) is 30.0 Å². The monoisotopic (exact) mass is 620 g/mol. The van der Waals surface area contributed by atoms with Gasteiger partial charge in [0, 0.05) is 36.0 Å². The summed E-state index contributed by atoms with van der Waals surface area (Å²) in [7, 11) is -3.91. The van der Waals surface area contributed by atoms with Gasteiger partial charge in [0.2, 0.25) is 10.0 Å². The number of nitrogens with one attached hydrogen (secondary N) is 3. The average molecular weight is 621 g/mol. The van der Waals surface area contributed by atoms with E-state index in [-0.39, 0.29) is 42.2 Å². The topological polar surface area (TPSA) is 144 Å². The predicted octanol–water partition coefficient (Wildman–Crippen LogP) is 5.55. The minimum absolute atomic E-state index is 0.0732. The SMILES string of the molecule is CC(C)OC(=O)N[C@H]1CC[C@H](C2=NC=C(c3ccc(OCCNC(=O)OC(C)(C)C)cc3S(=O)(=O)NC(C)(C)C)C2)CC1. The van der Waals surface area contributed by atoms with Crippen LogP contribution < -0.4 is 20.1 Å². The zero-order chi connectivity index (χ0) is 32.0. The van der Waals surface area contributed by atoms with Gasteiger partial charge in [-0.15, -0.1) is 0 Å². The van der Waals surface area contributed by atoms with Gasteiger partial charge in [-0.05, 0) is 110 Å². The molecule has 0 spiro atoms. The molecule has 1 aromatic rings. The van der Waals surface area contributed by atoms with Crippen molar-refractivity contribution in [3.8, 4) is 5.75 Å². The number of alkyl carbamates (subject to hydrolysis) is 2. The Bertz CT molecular complexity index is 1320. The molecule has 240 valence electrons. The number of carbonyl (C=O) groups is 2. The first-order chi connectivity index (χ1) is 19.9. The van der Waals surface area contributed by atoms with E-state index in [4.69, 9.17) is 19.2 Å². The van der Waals surface area contributed by atoms with Crippen molar-refractivity contribution in [2.24, 2.45) is 10.9 Å². The lowest BCUT2D eigenvalue weighted by atomic mass is 9.81. The van der Waals surface area contributed by atoms with E-state index < -0.39 is 27.3 Å². The highest BCUT2D eigenvalue weighted by Crippen LogP contribution is 2.36. The Labute approximate surface area is 256 Å². The number of amides is 2. The van der Waals surface area contributed by atoms with Crippen LogP contribution in [0.2, 0.25) is 0 Å². The van der Waals surface area contributed by atoms with Crippen molar-refractivity contribution >= 4 is 33.5 Å². The molecule has 1 aliphatic heterocycles. The summed E-state index contributed by atoms with van der Waals surface area (Å²) in [6.07, 6.45) is 4.64. The van der Waals surface area contributed by atoms with Crippen LogP contribution in [0.4, 0.5) is 9.59 Å². The number of carbonyl (C=O) groups excluding carboxylic acids is 2. The highest BCUT2D eigenvalue weighted by molar-refractivity contribution is 7.89. The van der Waals surface area contributed by atoms with Crippen LogP contribution in [0.3, 0.4) is 0 Å². The second kappa shape index (κ2) is 14.1. The van der Waals surface area contributed by atoms with Crippen molar-refractivity contribution in [1.82, 2.24) is 15.4 Å². The van der Waals surface area contributed by atoms with Crippen LogP contribution in [0.5, 0.6) is 5.75 Å². The van der Waals surface area contributed by atoms with Gasteiger partial charge in [-0.2, -0.15) is 0 Å². The smallest absolute Gasteiger partial charge is 0.407 e. The van der Waals surface area contributed by atoms with E-state index in [1.54, 1.807) is 59.9 Å². The van der Waals surface area contributed by atoms with Crippen molar-refractivity contribution in [2.75, 3.05) is 13.2 Å². The Balaban J connectivity index is 1.67. The standard InChI is InChI=1S/C31H48N4O7S/c1-20(2)41-29(37)34-23-11-9-21(10-12-23)26-17-22(19-33-26)25-14-13-24(18-27(25)43(38,39)35-30(3,4)5)40-16-15-32-28(36)42-31(6,7)8/h13-14,18-21,23,35H,9-12,15-17H2,1-8H3,(H,32,36)(H,34,37)/t21-,23-. The quantitative estimate of drug-likeness (QED) is 0.291. The number of ether oxygens (including phenoxy) is 3. The van der Waals surface area contributed by atoms with E-state index in [1.165, 1.54) is 6.07 Å². The maximum atomic E-state index is 13.6. The molecule has 1 saturated carbocycles. The molecule has 0 saturated heterocycles. The Morgan fingerprint density at radius 1 is 1.02 bits per heavy atom. The first-order valence-electron chi connectivity index (χ1n) is 14.9. The molecule has 2 amide bonds. The Morgan fingerprint density at radius 3 is 2.30 bits per heavy atom. The van der Waals surface area contributed by atoms with Gasteiger partial charge in [0.1, 0.15) is 18.0 Å². The molecule has 3 rings (SSSR count). The number of sulfonamides is 1. The number of rotatable bonds is 10. The number of hydrogen-bond acceptors (Lipinski definition) is 8. The van der Waals surface area contributed by atoms with E-state index in [1.807, 2.05) is 13.8 Å². The molecule has 0 aromatic heterocycles. The van der Waals surface area contributed by atoms with E-state index in [2.05, 4.69) is 15.4 Å². The molecule has 1 heterocycles. The van der Waals surface area contributed by atoms with Crippen LogP contribution in [-0.2, 0) is 19.5 Å². The number of hydrogen-bond donors (Lipinski definition) is 3. The molecule has 0 bridgehead atoms. The van der Waals surface area contributed by atoms with Gasteiger partial charge in [-0.25, -0.2) is 22.7 Å². The molecular formula is C31H48N4O7S. The molecule has 1 aromatic carbocycles. The normalized spacial score (nSPS) is 19.4. The van der Waals surface area contributed by atoms with Gasteiger partial charge in [-0.1, -0.05) is 0 Å². The molecule has 1 fully saturated rings. The summed E-state index contributed by atoms with van der Waals surface area (Å²) in [4.78, 5) is 28.7. The zero-order valence-corrected chi connectivity index (χ0v) is 27.5. The fourth-order valence-corrected chi connectivity index (χ4v) is 6.70. The molecule has 1 aliphatic carbocycles. The number of aliphatic imine (C=N–C) groups is 1. The second-order valence-corrected chi connectivity index (χ2v) is 15.0. The Morgan fingerprint density at radius 2 is 1.70 bits per heavy atom. The summed E-state index contributed by atoms with van der Waals surface area (Å²) in [5, 5.41) is 5.58. The summed E-state index contributed by atoms with van der Waals surface area (Å²) >= 11 is 0. The van der Waals surface area contributed by atoms with Gasteiger partial charge < -0.3 is 24.8 Å². The molecule has 43 heavy (non-hydrogen) atoms. The van der Waals surface area contributed by atoms with Crippen molar-refractivity contribution in [3.63, 3.8) is 0 Å². The van der Waals surface area contributed by atoms with Crippen molar-refractivity contribution in [2.45, 2.75) is 116 Å². The van der Waals surface area contributed by atoms with E-state index >= 15 is 0 Å². The van der Waals surface area contributed by atoms with Crippen LogP contribution in [0, 0.1) is 5.92 Å². The average Bonchev–Trinajstić information content (AvgIpc) is 3.34. The minimum atomic E-state index is -3.91. The van der Waals surface area contributed by atoms with Crippen molar-refractivity contribution < 1.29 is 32.2 Å². The molecule has 0 radical (unpaired) electrons. The van der Waals surface area contributed by atoms with E-state index in [0.29, 0.717) is 17.7 Å². The van der Waals surface area contributed by atoms with Gasteiger partial charge in [0.15, 0.2) is 0 Å². The summed E-state index contributed by atoms with van der Waals surface area (Å²) < 4.78 is 46.1. The van der Waals surface area contributed by atoms with Gasteiger partial charge in [0.25, 0.3) is 0 Å². The summed E-state index contributed by atoms with van der Waals surface area (Å²) in [5.41, 5.74) is 1.12. The zero-order valence-electron chi connectivity index (χ0n) is 26.7. The molecule has 0 atom stereocenters. The fraction of sp³-hybridized carbons (Fsp3) is 0.645. The van der Waals surface area contributed by atoms with Crippen LogP contribution in [0.15, 0.2) is 34.3 Å². The van der Waals surface area contributed by atoms with Crippen molar-refractivity contribution in [1.29, 1.82) is 0 Å². The van der Waals surface area contributed by atoms with Crippen LogP contribution in [-0.4, -0.2) is 62.8 Å². The molecule has 2 aliphatic rings. The second-order valence-electron chi connectivity index (χ2n) is 13.4. The number of nitrogens with zero attached hydrogens (tertiary/aromatic N) is 1.